The third-order valence-electron chi connectivity index (χ3n) is 5.62. The van der Waals surface area contributed by atoms with E-state index < -0.39 is 17.6 Å². The second-order valence-electron chi connectivity index (χ2n) is 8.12. The zero-order valence-electron chi connectivity index (χ0n) is 18.9. The lowest BCUT2D eigenvalue weighted by Crippen LogP contribution is -2.46. The predicted molar refractivity (Wildman–Crippen MR) is 120 cm³/mol. The molecule has 9 nitrogen and oxygen atoms in total. The van der Waals surface area contributed by atoms with Crippen LogP contribution in [0.1, 0.15) is 34.5 Å². The monoisotopic (exact) mass is 498 g/mol. The van der Waals surface area contributed by atoms with Crippen molar-refractivity contribution in [2.45, 2.75) is 25.1 Å². The summed E-state index contributed by atoms with van der Waals surface area (Å²) in [7, 11) is 0. The fraction of sp³-hybridized carbons (Fsp3) is 0.292. The number of ether oxygens (including phenoxy) is 1. The first-order valence-corrected chi connectivity index (χ1v) is 11.1. The van der Waals surface area contributed by atoms with Gasteiger partial charge in [-0.1, -0.05) is 17.3 Å². The molecular formula is C24H21F3N6O3. The Morgan fingerprint density at radius 3 is 2.61 bits per heavy atom. The van der Waals surface area contributed by atoms with Gasteiger partial charge in [-0.25, -0.2) is 4.68 Å². The number of rotatable bonds is 6. The van der Waals surface area contributed by atoms with Crippen LogP contribution in [0.3, 0.4) is 0 Å². The molecule has 1 fully saturated rings. The summed E-state index contributed by atoms with van der Waals surface area (Å²) in [5, 5.41) is 19.2. The van der Waals surface area contributed by atoms with Crippen LogP contribution < -0.4 is 10.1 Å². The van der Waals surface area contributed by atoms with E-state index in [2.05, 4.69) is 15.6 Å². The van der Waals surface area contributed by atoms with Crippen molar-refractivity contribution in [3.8, 4) is 17.5 Å². The lowest BCUT2D eigenvalue weighted by Gasteiger charge is -2.32. The first-order valence-electron chi connectivity index (χ1n) is 11.1. The maximum absolute atomic E-state index is 12.9. The molecule has 1 aliphatic heterocycles. The minimum absolute atomic E-state index is 0.0124. The highest BCUT2D eigenvalue weighted by molar-refractivity contribution is 5.94. The highest BCUT2D eigenvalue weighted by Gasteiger charge is 2.31. The molecule has 0 aliphatic carbocycles. The molecular weight excluding hydrogens is 477 g/mol. The van der Waals surface area contributed by atoms with Gasteiger partial charge >= 0.3 is 6.18 Å². The summed E-state index contributed by atoms with van der Waals surface area (Å²) in [5.41, 5.74) is 0.230. The first-order chi connectivity index (χ1) is 17.2. The number of halogens is 3. The average Bonchev–Trinajstić information content (AvgIpc) is 3.38. The van der Waals surface area contributed by atoms with Crippen LogP contribution in [0.25, 0.3) is 5.69 Å². The van der Waals surface area contributed by atoms with Gasteiger partial charge in [0.25, 0.3) is 5.91 Å². The van der Waals surface area contributed by atoms with E-state index in [0.717, 1.165) is 12.1 Å². The second-order valence-corrected chi connectivity index (χ2v) is 8.12. The number of nitrogens with zero attached hydrogens (tertiary/aromatic N) is 5. The molecule has 0 radical (unpaired) electrons. The summed E-state index contributed by atoms with van der Waals surface area (Å²) in [5.74, 6) is -0.738. The molecule has 0 bridgehead atoms. The fourth-order valence-electron chi connectivity index (χ4n) is 3.73. The van der Waals surface area contributed by atoms with E-state index in [-0.39, 0.29) is 30.0 Å². The summed E-state index contributed by atoms with van der Waals surface area (Å²) in [4.78, 5) is 26.5. The number of hydrogen-bond acceptors (Lipinski definition) is 6. The number of aromatic nitrogens is 3. The molecule has 36 heavy (non-hydrogen) atoms. The van der Waals surface area contributed by atoms with Gasteiger partial charge in [0.1, 0.15) is 11.9 Å². The predicted octanol–water partition coefficient (Wildman–Crippen LogP) is 2.96. The molecule has 0 saturated carbocycles. The number of carbonyl (C=O) groups excluding carboxylic acids is 2. The Morgan fingerprint density at radius 2 is 1.89 bits per heavy atom. The Bertz CT molecular complexity index is 1290. The first kappa shape index (κ1) is 24.7. The van der Waals surface area contributed by atoms with E-state index in [1.54, 1.807) is 29.2 Å². The highest BCUT2D eigenvalue weighted by atomic mass is 19.4. The van der Waals surface area contributed by atoms with Crippen molar-refractivity contribution < 1.29 is 27.5 Å². The van der Waals surface area contributed by atoms with Crippen LogP contribution >= 0.6 is 0 Å². The number of amides is 2. The summed E-state index contributed by atoms with van der Waals surface area (Å²) in [6, 6.07) is 13.4. The topological polar surface area (TPSA) is 113 Å². The van der Waals surface area contributed by atoms with Crippen molar-refractivity contribution in [1.29, 1.82) is 5.26 Å². The third-order valence-corrected chi connectivity index (χ3v) is 5.62. The van der Waals surface area contributed by atoms with Crippen LogP contribution in [0.15, 0.2) is 54.7 Å². The number of nitrogens with one attached hydrogen (secondary N) is 1. The minimum atomic E-state index is -4.45. The van der Waals surface area contributed by atoms with Gasteiger partial charge in [0, 0.05) is 25.9 Å². The van der Waals surface area contributed by atoms with Gasteiger partial charge in [-0.2, -0.15) is 18.4 Å². The molecule has 1 saturated heterocycles. The van der Waals surface area contributed by atoms with E-state index >= 15 is 0 Å². The third kappa shape index (κ3) is 5.99. The number of piperidine rings is 1. The second kappa shape index (κ2) is 10.5. The summed E-state index contributed by atoms with van der Waals surface area (Å²) < 4.78 is 45.7. The lowest BCUT2D eigenvalue weighted by atomic mass is 10.1. The summed E-state index contributed by atoms with van der Waals surface area (Å²) in [6.45, 7) is 0.461. The van der Waals surface area contributed by atoms with Gasteiger partial charge in [0.15, 0.2) is 5.69 Å². The molecule has 2 heterocycles. The number of benzene rings is 2. The maximum Gasteiger partial charge on any atom is 0.416 e. The van der Waals surface area contributed by atoms with E-state index in [1.807, 2.05) is 6.07 Å². The Kier molecular flexibility index (Phi) is 7.19. The minimum Gasteiger partial charge on any atom is -0.490 e. The van der Waals surface area contributed by atoms with Gasteiger partial charge < -0.3 is 15.0 Å². The fourth-order valence-corrected chi connectivity index (χ4v) is 3.73. The Balaban J connectivity index is 1.25. The zero-order valence-corrected chi connectivity index (χ0v) is 18.9. The molecule has 1 aliphatic rings. The number of likely N-dealkylation sites (tertiary alicyclic amines) is 1. The molecule has 0 atom stereocenters. The van der Waals surface area contributed by atoms with Crippen molar-refractivity contribution in [2.75, 3.05) is 19.6 Å². The van der Waals surface area contributed by atoms with E-state index in [0.29, 0.717) is 37.2 Å². The number of nitriles is 1. The van der Waals surface area contributed by atoms with Gasteiger partial charge in [0.2, 0.25) is 5.91 Å². The largest absolute Gasteiger partial charge is 0.490 e. The average molecular weight is 498 g/mol. The lowest BCUT2D eigenvalue weighted by molar-refractivity contribution is -0.138. The van der Waals surface area contributed by atoms with Crippen LogP contribution in [0, 0.1) is 11.3 Å². The van der Waals surface area contributed by atoms with Crippen molar-refractivity contribution in [1.82, 2.24) is 25.2 Å². The van der Waals surface area contributed by atoms with E-state index in [9.17, 15) is 22.8 Å². The van der Waals surface area contributed by atoms with Gasteiger partial charge in [-0.05, 0) is 36.4 Å². The highest BCUT2D eigenvalue weighted by Crippen LogP contribution is 2.32. The molecule has 186 valence electrons. The smallest absolute Gasteiger partial charge is 0.416 e. The van der Waals surface area contributed by atoms with Crippen LogP contribution in [0.4, 0.5) is 13.2 Å². The number of hydrogen-bond donors (Lipinski definition) is 1. The standard InChI is InChI=1S/C24H21F3N6O3/c25-24(26,27)17-4-2-6-20(12-17)36-19-7-9-32(10-8-19)22(34)14-29-23(35)21-15-33(31-30-21)18-5-1-3-16(11-18)13-28/h1-6,11-12,15,19H,7-10,14H2,(H,29,35). The van der Waals surface area contributed by atoms with Crippen molar-refractivity contribution >= 4 is 11.8 Å². The van der Waals surface area contributed by atoms with E-state index in [1.165, 1.54) is 23.0 Å². The maximum atomic E-state index is 12.9. The van der Waals surface area contributed by atoms with Crippen LogP contribution in [0.5, 0.6) is 5.75 Å². The quantitative estimate of drug-likeness (QED) is 0.559. The van der Waals surface area contributed by atoms with Crippen LogP contribution in [0.2, 0.25) is 0 Å². The van der Waals surface area contributed by atoms with Crippen molar-refractivity contribution in [2.24, 2.45) is 0 Å². The SMILES string of the molecule is N#Cc1cccc(-n2cc(C(=O)NCC(=O)N3CCC(Oc4cccc(C(F)(F)F)c4)CC3)nn2)c1. The van der Waals surface area contributed by atoms with Gasteiger partial charge in [-0.15, -0.1) is 5.10 Å². The number of alkyl halides is 3. The van der Waals surface area contributed by atoms with Crippen LogP contribution in [-0.4, -0.2) is 57.4 Å². The molecule has 3 aromatic rings. The molecule has 1 aromatic heterocycles. The molecule has 12 heteroatoms. The van der Waals surface area contributed by atoms with Crippen molar-refractivity contribution in [3.63, 3.8) is 0 Å². The summed E-state index contributed by atoms with van der Waals surface area (Å²) >= 11 is 0. The van der Waals surface area contributed by atoms with E-state index in [4.69, 9.17) is 10.00 Å². The molecule has 0 spiro atoms. The molecule has 1 N–H and O–H groups in total. The van der Waals surface area contributed by atoms with Crippen molar-refractivity contribution in [3.05, 3.63) is 71.5 Å². The normalized spacial score (nSPS) is 14.2. The van der Waals surface area contributed by atoms with Gasteiger partial charge in [0.05, 0.1) is 35.6 Å². The number of carbonyl (C=O) groups is 2. The van der Waals surface area contributed by atoms with Crippen LogP contribution in [-0.2, 0) is 11.0 Å². The van der Waals surface area contributed by atoms with Gasteiger partial charge in [-0.3, -0.25) is 9.59 Å². The molecule has 2 amide bonds. The Hall–Kier alpha value is -4.40. The Labute approximate surface area is 204 Å². The zero-order chi connectivity index (χ0) is 25.7. The molecule has 4 rings (SSSR count). The molecule has 0 unspecified atom stereocenters. The Morgan fingerprint density at radius 1 is 1.14 bits per heavy atom. The molecule has 2 aromatic carbocycles. The summed E-state index contributed by atoms with van der Waals surface area (Å²) in [6.07, 6.45) is -2.47.